The van der Waals surface area contributed by atoms with Crippen molar-refractivity contribution < 1.29 is 18.3 Å². The number of hydrogen-bond acceptors (Lipinski definition) is 2. The molecule has 0 aromatic heterocycles. The second-order valence-corrected chi connectivity index (χ2v) is 4.25. The maximum atomic E-state index is 12.4. The summed E-state index contributed by atoms with van der Waals surface area (Å²) in [7, 11) is 0. The zero-order valence-electron chi connectivity index (χ0n) is 9.05. The fourth-order valence-electron chi connectivity index (χ4n) is 1.32. The van der Waals surface area contributed by atoms with Gasteiger partial charge in [-0.25, -0.2) is 0 Å². The van der Waals surface area contributed by atoms with Crippen LogP contribution in [0.3, 0.4) is 0 Å². The van der Waals surface area contributed by atoms with E-state index < -0.39 is 23.4 Å². The quantitative estimate of drug-likeness (QED) is 0.824. The van der Waals surface area contributed by atoms with E-state index in [9.17, 15) is 18.3 Å². The molecule has 0 fully saturated rings. The highest BCUT2D eigenvalue weighted by molar-refractivity contribution is 5.29. The fraction of sp³-hybridized carbons (Fsp3) is 0.455. The summed E-state index contributed by atoms with van der Waals surface area (Å²) in [5.74, 6) is 0. The number of alkyl halides is 3. The lowest BCUT2D eigenvalue weighted by atomic mass is 9.92. The fourth-order valence-corrected chi connectivity index (χ4v) is 1.32. The molecule has 0 aliphatic rings. The minimum atomic E-state index is -4.39. The van der Waals surface area contributed by atoms with Gasteiger partial charge in [0.25, 0.3) is 0 Å². The third kappa shape index (κ3) is 2.96. The molecule has 1 unspecified atom stereocenters. The maximum absolute atomic E-state index is 12.4. The number of halogens is 3. The van der Waals surface area contributed by atoms with E-state index in [0.29, 0.717) is 0 Å². The monoisotopic (exact) mass is 233 g/mol. The van der Waals surface area contributed by atoms with E-state index in [2.05, 4.69) is 0 Å². The highest BCUT2D eigenvalue weighted by Gasteiger charge is 2.32. The molecule has 0 radical (unpaired) electrons. The van der Waals surface area contributed by atoms with Crippen molar-refractivity contribution in [2.75, 3.05) is 0 Å². The van der Waals surface area contributed by atoms with E-state index in [0.717, 1.165) is 12.1 Å². The first kappa shape index (κ1) is 13.0. The van der Waals surface area contributed by atoms with Gasteiger partial charge < -0.3 is 10.8 Å². The third-order valence-corrected chi connectivity index (χ3v) is 2.33. The van der Waals surface area contributed by atoms with Gasteiger partial charge >= 0.3 is 6.18 Å². The highest BCUT2D eigenvalue weighted by atomic mass is 19.4. The largest absolute Gasteiger partial charge is 0.416 e. The zero-order valence-corrected chi connectivity index (χ0v) is 9.05. The van der Waals surface area contributed by atoms with Gasteiger partial charge in [0.05, 0.1) is 17.2 Å². The molecule has 0 saturated carbocycles. The molecule has 3 N–H and O–H groups in total. The van der Waals surface area contributed by atoms with Crippen LogP contribution in [0.4, 0.5) is 13.2 Å². The molecule has 16 heavy (non-hydrogen) atoms. The standard InChI is InChI=1S/C11H14F3NO/c1-10(2,16)9(15)7-4-3-5-8(6-7)11(12,13)14/h3-6,9,16H,15H2,1-2H3. The van der Waals surface area contributed by atoms with Crippen molar-refractivity contribution in [2.24, 2.45) is 5.73 Å². The minimum absolute atomic E-state index is 0.266. The molecular formula is C11H14F3NO. The molecule has 1 atom stereocenters. The lowest BCUT2D eigenvalue weighted by molar-refractivity contribution is -0.137. The van der Waals surface area contributed by atoms with Crippen molar-refractivity contribution in [2.45, 2.75) is 31.7 Å². The number of nitrogens with two attached hydrogens (primary N) is 1. The van der Waals surface area contributed by atoms with Crippen LogP contribution in [-0.4, -0.2) is 10.7 Å². The smallest absolute Gasteiger partial charge is 0.388 e. The van der Waals surface area contributed by atoms with Crippen molar-refractivity contribution in [3.05, 3.63) is 35.4 Å². The molecule has 0 saturated heterocycles. The van der Waals surface area contributed by atoms with Gasteiger partial charge in [0.1, 0.15) is 0 Å². The molecule has 1 rings (SSSR count). The number of rotatable bonds is 2. The van der Waals surface area contributed by atoms with Crippen LogP contribution >= 0.6 is 0 Å². The summed E-state index contributed by atoms with van der Waals surface area (Å²) in [5, 5.41) is 9.63. The van der Waals surface area contributed by atoms with Gasteiger partial charge in [-0.1, -0.05) is 12.1 Å². The van der Waals surface area contributed by atoms with Gasteiger partial charge in [-0.05, 0) is 31.5 Å². The average molecular weight is 233 g/mol. The molecule has 5 heteroatoms. The van der Waals surface area contributed by atoms with Crippen LogP contribution in [0, 0.1) is 0 Å². The van der Waals surface area contributed by atoms with Gasteiger partial charge in [0.15, 0.2) is 0 Å². The van der Waals surface area contributed by atoms with E-state index in [1.165, 1.54) is 26.0 Å². The van der Waals surface area contributed by atoms with E-state index in [-0.39, 0.29) is 5.56 Å². The van der Waals surface area contributed by atoms with E-state index in [4.69, 9.17) is 5.73 Å². The summed E-state index contributed by atoms with van der Waals surface area (Å²) in [6, 6.07) is 3.83. The first-order valence-corrected chi connectivity index (χ1v) is 4.77. The van der Waals surface area contributed by atoms with Crippen LogP contribution in [0.2, 0.25) is 0 Å². The van der Waals surface area contributed by atoms with Gasteiger partial charge in [-0.2, -0.15) is 13.2 Å². The van der Waals surface area contributed by atoms with Crippen molar-refractivity contribution >= 4 is 0 Å². The topological polar surface area (TPSA) is 46.2 Å². The summed E-state index contributed by atoms with van der Waals surface area (Å²) in [6.07, 6.45) is -4.39. The molecular weight excluding hydrogens is 219 g/mol. The Balaban J connectivity index is 3.09. The normalized spacial score (nSPS) is 14.9. The van der Waals surface area contributed by atoms with E-state index >= 15 is 0 Å². The summed E-state index contributed by atoms with van der Waals surface area (Å²) >= 11 is 0. The first-order valence-electron chi connectivity index (χ1n) is 4.77. The predicted molar refractivity (Wildman–Crippen MR) is 54.7 cm³/mol. The molecule has 1 aromatic carbocycles. The summed E-state index contributed by atoms with van der Waals surface area (Å²) in [4.78, 5) is 0. The Morgan fingerprint density at radius 2 is 1.81 bits per heavy atom. The lowest BCUT2D eigenvalue weighted by Crippen LogP contribution is -2.35. The second kappa shape index (κ2) is 4.07. The minimum Gasteiger partial charge on any atom is -0.388 e. The molecule has 0 heterocycles. The van der Waals surface area contributed by atoms with Crippen LogP contribution < -0.4 is 5.73 Å². The Morgan fingerprint density at radius 1 is 1.25 bits per heavy atom. The van der Waals surface area contributed by atoms with Crippen molar-refractivity contribution in [3.63, 3.8) is 0 Å². The highest BCUT2D eigenvalue weighted by Crippen LogP contribution is 2.32. The molecule has 0 spiro atoms. The zero-order chi connectivity index (χ0) is 12.6. The first-order chi connectivity index (χ1) is 7.12. The van der Waals surface area contributed by atoms with Crippen LogP contribution in [-0.2, 0) is 6.18 Å². The van der Waals surface area contributed by atoms with Crippen LogP contribution in [0.1, 0.15) is 31.0 Å². The average Bonchev–Trinajstić information content (AvgIpc) is 2.14. The molecule has 90 valence electrons. The van der Waals surface area contributed by atoms with Crippen molar-refractivity contribution in [1.82, 2.24) is 0 Å². The second-order valence-electron chi connectivity index (χ2n) is 4.25. The van der Waals surface area contributed by atoms with Gasteiger partial charge in [-0.15, -0.1) is 0 Å². The van der Waals surface area contributed by atoms with Gasteiger partial charge in [0, 0.05) is 0 Å². The number of aliphatic hydroxyl groups is 1. The summed E-state index contributed by atoms with van der Waals surface area (Å²) in [5.41, 5.74) is 3.91. The third-order valence-electron chi connectivity index (χ3n) is 2.33. The van der Waals surface area contributed by atoms with Gasteiger partial charge in [-0.3, -0.25) is 0 Å². The summed E-state index contributed by atoms with van der Waals surface area (Å²) < 4.78 is 37.3. The van der Waals surface area contributed by atoms with Crippen LogP contribution in [0.5, 0.6) is 0 Å². The molecule has 0 bridgehead atoms. The Hall–Kier alpha value is -1.07. The SMILES string of the molecule is CC(C)(O)C(N)c1cccc(C(F)(F)F)c1. The Bertz CT molecular complexity index is 368. The molecule has 1 aromatic rings. The van der Waals surface area contributed by atoms with Crippen molar-refractivity contribution in [1.29, 1.82) is 0 Å². The van der Waals surface area contributed by atoms with Crippen LogP contribution in [0.25, 0.3) is 0 Å². The van der Waals surface area contributed by atoms with E-state index in [1.54, 1.807) is 0 Å². The van der Waals surface area contributed by atoms with Gasteiger partial charge in [0.2, 0.25) is 0 Å². The lowest BCUT2D eigenvalue weighted by Gasteiger charge is -2.26. The molecule has 0 aliphatic carbocycles. The van der Waals surface area contributed by atoms with Crippen LogP contribution in [0.15, 0.2) is 24.3 Å². The number of hydrogen-bond donors (Lipinski definition) is 2. The Labute approximate surface area is 91.9 Å². The molecule has 0 amide bonds. The van der Waals surface area contributed by atoms with E-state index in [1.807, 2.05) is 0 Å². The molecule has 2 nitrogen and oxygen atoms in total. The predicted octanol–water partition coefficient (Wildman–Crippen LogP) is 2.48. The summed E-state index contributed by atoms with van der Waals surface area (Å²) in [6.45, 7) is 2.91. The van der Waals surface area contributed by atoms with Crippen molar-refractivity contribution in [3.8, 4) is 0 Å². The maximum Gasteiger partial charge on any atom is 0.416 e. The molecule has 0 aliphatic heterocycles. The Morgan fingerprint density at radius 3 is 2.25 bits per heavy atom. The Kier molecular flexibility index (Phi) is 3.30. The number of benzene rings is 1.